The lowest BCUT2D eigenvalue weighted by Gasteiger charge is -2.06. The third kappa shape index (κ3) is 2.37. The van der Waals surface area contributed by atoms with E-state index in [9.17, 15) is 9.18 Å². The largest absolute Gasteiger partial charge is 0.448 e. The van der Waals surface area contributed by atoms with Crippen LogP contribution in [-0.4, -0.2) is 5.91 Å². The maximum absolute atomic E-state index is 13.7. The topological polar surface area (TPSA) is 42.2 Å². The third-order valence-electron chi connectivity index (χ3n) is 3.89. The highest BCUT2D eigenvalue weighted by Crippen LogP contribution is 2.28. The average molecular weight is 297 g/mol. The fourth-order valence-electron chi connectivity index (χ4n) is 2.43. The van der Waals surface area contributed by atoms with E-state index in [0.29, 0.717) is 16.6 Å². The van der Waals surface area contributed by atoms with E-state index in [1.807, 2.05) is 32.0 Å². The molecule has 2 aromatic carbocycles. The van der Waals surface area contributed by atoms with E-state index in [1.54, 1.807) is 19.1 Å². The summed E-state index contributed by atoms with van der Waals surface area (Å²) in [6.45, 7) is 5.74. The second-order valence-corrected chi connectivity index (χ2v) is 5.43. The molecule has 0 fully saturated rings. The van der Waals surface area contributed by atoms with Crippen LogP contribution in [0.15, 0.2) is 40.8 Å². The summed E-state index contributed by atoms with van der Waals surface area (Å²) < 4.78 is 19.2. The number of carbonyl (C=O) groups is 1. The van der Waals surface area contributed by atoms with E-state index >= 15 is 0 Å². The summed E-state index contributed by atoms with van der Waals surface area (Å²) >= 11 is 0. The summed E-state index contributed by atoms with van der Waals surface area (Å²) in [4.78, 5) is 12.4. The molecule has 0 bridgehead atoms. The van der Waals surface area contributed by atoms with Crippen LogP contribution < -0.4 is 5.32 Å². The smallest absolute Gasteiger partial charge is 0.291 e. The van der Waals surface area contributed by atoms with Crippen LogP contribution in [0.25, 0.3) is 11.0 Å². The lowest BCUT2D eigenvalue weighted by atomic mass is 10.1. The summed E-state index contributed by atoms with van der Waals surface area (Å²) in [5.41, 5.74) is 3.68. The minimum absolute atomic E-state index is 0.116. The van der Waals surface area contributed by atoms with Gasteiger partial charge in [-0.3, -0.25) is 4.79 Å². The van der Waals surface area contributed by atoms with Crippen molar-refractivity contribution in [2.24, 2.45) is 0 Å². The lowest BCUT2D eigenvalue weighted by Crippen LogP contribution is -2.12. The fourth-order valence-corrected chi connectivity index (χ4v) is 2.43. The van der Waals surface area contributed by atoms with Crippen LogP contribution in [0.3, 0.4) is 0 Å². The molecule has 1 heterocycles. The molecule has 3 nitrogen and oxygen atoms in total. The molecule has 1 N–H and O–H groups in total. The Hall–Kier alpha value is -2.62. The van der Waals surface area contributed by atoms with Crippen molar-refractivity contribution in [3.8, 4) is 0 Å². The minimum atomic E-state index is -0.467. The Morgan fingerprint density at radius 1 is 1.09 bits per heavy atom. The number of anilines is 1. The van der Waals surface area contributed by atoms with E-state index < -0.39 is 5.82 Å². The van der Waals surface area contributed by atoms with Crippen molar-refractivity contribution in [2.45, 2.75) is 20.8 Å². The molecule has 0 atom stereocenters. The molecule has 22 heavy (non-hydrogen) atoms. The first-order chi connectivity index (χ1) is 10.5. The molecule has 3 aromatic rings. The van der Waals surface area contributed by atoms with Crippen LogP contribution in [0.4, 0.5) is 10.1 Å². The predicted molar refractivity (Wildman–Crippen MR) is 84.8 cm³/mol. The second kappa shape index (κ2) is 5.30. The molecule has 0 saturated heterocycles. The molecule has 0 aliphatic heterocycles. The number of hydrogen-bond donors (Lipinski definition) is 1. The van der Waals surface area contributed by atoms with Crippen molar-refractivity contribution >= 4 is 22.6 Å². The van der Waals surface area contributed by atoms with Gasteiger partial charge in [-0.2, -0.15) is 0 Å². The molecule has 0 radical (unpaired) electrons. The molecule has 0 saturated carbocycles. The first-order valence-corrected chi connectivity index (χ1v) is 7.03. The van der Waals surface area contributed by atoms with Gasteiger partial charge in [-0.1, -0.05) is 18.2 Å². The summed E-state index contributed by atoms with van der Waals surface area (Å²) in [6.07, 6.45) is 0. The van der Waals surface area contributed by atoms with Gasteiger partial charge in [0.15, 0.2) is 17.2 Å². The monoisotopic (exact) mass is 297 g/mol. The fraction of sp³-hybridized carbons (Fsp3) is 0.167. The van der Waals surface area contributed by atoms with Gasteiger partial charge in [0.2, 0.25) is 0 Å². The van der Waals surface area contributed by atoms with Gasteiger partial charge in [0, 0.05) is 16.6 Å². The molecule has 0 unspecified atom stereocenters. The molecule has 4 heteroatoms. The van der Waals surface area contributed by atoms with Gasteiger partial charge in [0.25, 0.3) is 5.91 Å². The zero-order valence-electron chi connectivity index (χ0n) is 12.7. The van der Waals surface area contributed by atoms with Crippen LogP contribution in [0, 0.1) is 26.6 Å². The van der Waals surface area contributed by atoms with Crippen LogP contribution in [0.2, 0.25) is 0 Å². The molecule has 0 aliphatic carbocycles. The van der Waals surface area contributed by atoms with Crippen LogP contribution in [-0.2, 0) is 0 Å². The Bertz CT molecular complexity index is 880. The van der Waals surface area contributed by atoms with E-state index in [1.165, 1.54) is 6.07 Å². The zero-order valence-corrected chi connectivity index (χ0v) is 12.7. The first kappa shape index (κ1) is 14.3. The number of nitrogens with one attached hydrogen (secondary N) is 1. The van der Waals surface area contributed by atoms with Gasteiger partial charge in [0.1, 0.15) is 0 Å². The van der Waals surface area contributed by atoms with Crippen molar-refractivity contribution < 1.29 is 13.6 Å². The van der Waals surface area contributed by atoms with Crippen LogP contribution in [0.5, 0.6) is 0 Å². The van der Waals surface area contributed by atoms with Crippen molar-refractivity contribution in [1.82, 2.24) is 0 Å². The second-order valence-electron chi connectivity index (χ2n) is 5.43. The van der Waals surface area contributed by atoms with Crippen molar-refractivity contribution in [1.29, 1.82) is 0 Å². The molecule has 1 aromatic heterocycles. The Kier molecular flexibility index (Phi) is 3.45. The van der Waals surface area contributed by atoms with Crippen LogP contribution >= 0.6 is 0 Å². The number of benzene rings is 2. The molecular formula is C18H16FNO2. The van der Waals surface area contributed by atoms with E-state index in [-0.39, 0.29) is 17.3 Å². The van der Waals surface area contributed by atoms with Gasteiger partial charge in [-0.15, -0.1) is 0 Å². The Morgan fingerprint density at radius 2 is 1.86 bits per heavy atom. The van der Waals surface area contributed by atoms with E-state index in [0.717, 1.165) is 11.1 Å². The van der Waals surface area contributed by atoms with Gasteiger partial charge >= 0.3 is 0 Å². The molecule has 0 aliphatic rings. The number of furan rings is 1. The number of hydrogen-bond acceptors (Lipinski definition) is 2. The quantitative estimate of drug-likeness (QED) is 0.741. The maximum atomic E-state index is 13.7. The Balaban J connectivity index is 1.97. The highest BCUT2D eigenvalue weighted by Gasteiger charge is 2.19. The van der Waals surface area contributed by atoms with Crippen LogP contribution in [0.1, 0.15) is 27.2 Å². The third-order valence-corrected chi connectivity index (χ3v) is 3.89. The Labute approximate surface area is 127 Å². The number of para-hydroxylation sites is 1. The maximum Gasteiger partial charge on any atom is 0.291 e. The molecule has 0 spiro atoms. The highest BCUT2D eigenvalue weighted by atomic mass is 19.1. The summed E-state index contributed by atoms with van der Waals surface area (Å²) in [7, 11) is 0. The SMILES string of the molecule is Cc1ccc(NC(=O)c2oc3c(F)cccc3c2C)cc1C. The normalized spacial score (nSPS) is 10.9. The van der Waals surface area contributed by atoms with E-state index in [4.69, 9.17) is 4.42 Å². The number of rotatable bonds is 2. The highest BCUT2D eigenvalue weighted by molar-refractivity contribution is 6.06. The standard InChI is InChI=1S/C18H16FNO2/c1-10-7-8-13(9-11(10)2)20-18(21)16-12(3)14-5-4-6-15(19)17(14)22-16/h4-9H,1-3H3,(H,20,21). The van der Waals surface area contributed by atoms with Crippen molar-refractivity contribution in [2.75, 3.05) is 5.32 Å². The molecule has 3 rings (SSSR count). The van der Waals surface area contributed by atoms with Gasteiger partial charge in [0.05, 0.1) is 0 Å². The first-order valence-electron chi connectivity index (χ1n) is 7.03. The van der Waals surface area contributed by atoms with Crippen molar-refractivity contribution in [3.63, 3.8) is 0 Å². The predicted octanol–water partition coefficient (Wildman–Crippen LogP) is 4.75. The summed E-state index contributed by atoms with van der Waals surface area (Å²) in [5.74, 6) is -0.708. The summed E-state index contributed by atoms with van der Waals surface area (Å²) in [6, 6.07) is 10.3. The van der Waals surface area contributed by atoms with Crippen molar-refractivity contribution in [3.05, 3.63) is 64.7 Å². The molecule has 1 amide bonds. The minimum Gasteiger partial charge on any atom is -0.448 e. The lowest BCUT2D eigenvalue weighted by molar-refractivity contribution is 0.0997. The average Bonchev–Trinajstić information content (AvgIpc) is 2.82. The molecule has 112 valence electrons. The number of aryl methyl sites for hydroxylation is 3. The number of fused-ring (bicyclic) bond motifs is 1. The molecular weight excluding hydrogens is 281 g/mol. The number of amides is 1. The van der Waals surface area contributed by atoms with Gasteiger partial charge in [-0.05, 0) is 50.1 Å². The van der Waals surface area contributed by atoms with E-state index in [2.05, 4.69) is 5.32 Å². The number of halogens is 1. The zero-order chi connectivity index (χ0) is 15.9. The van der Waals surface area contributed by atoms with Gasteiger partial charge < -0.3 is 9.73 Å². The number of carbonyl (C=O) groups excluding carboxylic acids is 1. The summed E-state index contributed by atoms with van der Waals surface area (Å²) in [5, 5.41) is 3.41. The van der Waals surface area contributed by atoms with Gasteiger partial charge in [-0.25, -0.2) is 4.39 Å². The Morgan fingerprint density at radius 3 is 2.55 bits per heavy atom.